The molecule has 208 valence electrons. The Balaban J connectivity index is 2.05. The molecule has 0 aliphatic rings. The van der Waals surface area contributed by atoms with Crippen LogP contribution in [0.25, 0.3) is 0 Å². The maximum absolute atomic E-state index is 15.0. The Morgan fingerprint density at radius 2 is 1.49 bits per heavy atom. The number of nitrogens with one attached hydrogen (secondary N) is 1. The van der Waals surface area contributed by atoms with E-state index in [0.29, 0.717) is 13.0 Å². The first kappa shape index (κ1) is 29.8. The number of nitrogens with zero attached hydrogens (tertiary/aromatic N) is 2. The number of amides is 2. The summed E-state index contributed by atoms with van der Waals surface area (Å²) in [5.74, 6) is -1.72. The van der Waals surface area contributed by atoms with Crippen molar-refractivity contribution >= 4 is 27.5 Å². The van der Waals surface area contributed by atoms with Gasteiger partial charge in [-0.15, -0.1) is 0 Å². The van der Waals surface area contributed by atoms with Crippen molar-refractivity contribution in [3.8, 4) is 0 Å². The molecule has 9 heteroatoms. The minimum absolute atomic E-state index is 0.0676. The number of hydrogen-bond donors (Lipinski definition) is 1. The molecule has 0 radical (unpaired) electrons. The second-order valence-corrected chi connectivity index (χ2v) is 11.4. The van der Waals surface area contributed by atoms with E-state index in [1.165, 1.54) is 35.2 Å². The lowest BCUT2D eigenvalue weighted by atomic mass is 10.1. The SMILES string of the molecule is CCCNC(=O)[C@H](CC)N(Cc1ccc(C)cc1)C(=O)CN(c1ccccc1F)S(=O)(=O)c1ccc(C)cc1. The zero-order chi connectivity index (χ0) is 28.6. The van der Waals surface area contributed by atoms with Gasteiger partial charge in [-0.3, -0.25) is 13.9 Å². The van der Waals surface area contributed by atoms with Crippen LogP contribution in [-0.2, 0) is 26.2 Å². The molecule has 0 aliphatic carbocycles. The van der Waals surface area contributed by atoms with Crippen molar-refractivity contribution in [2.45, 2.75) is 58.0 Å². The van der Waals surface area contributed by atoms with Crippen LogP contribution < -0.4 is 9.62 Å². The van der Waals surface area contributed by atoms with Gasteiger partial charge in [-0.1, -0.05) is 73.5 Å². The first-order chi connectivity index (χ1) is 18.6. The topological polar surface area (TPSA) is 86.8 Å². The largest absolute Gasteiger partial charge is 0.354 e. The van der Waals surface area contributed by atoms with E-state index in [9.17, 15) is 22.4 Å². The predicted molar refractivity (Wildman–Crippen MR) is 151 cm³/mol. The highest BCUT2D eigenvalue weighted by atomic mass is 32.2. The number of sulfonamides is 1. The second kappa shape index (κ2) is 13.4. The van der Waals surface area contributed by atoms with Crippen LogP contribution in [-0.4, -0.2) is 44.3 Å². The smallest absolute Gasteiger partial charge is 0.264 e. The van der Waals surface area contributed by atoms with E-state index < -0.39 is 34.3 Å². The third kappa shape index (κ3) is 7.44. The first-order valence-electron chi connectivity index (χ1n) is 13.0. The molecule has 0 aromatic heterocycles. The van der Waals surface area contributed by atoms with E-state index in [2.05, 4.69) is 5.32 Å². The van der Waals surface area contributed by atoms with Gasteiger partial charge < -0.3 is 10.2 Å². The van der Waals surface area contributed by atoms with Crippen LogP contribution in [0.5, 0.6) is 0 Å². The molecule has 0 saturated carbocycles. The summed E-state index contributed by atoms with van der Waals surface area (Å²) in [6, 6.07) is 18.3. The van der Waals surface area contributed by atoms with Gasteiger partial charge in [0.05, 0.1) is 10.6 Å². The lowest BCUT2D eigenvalue weighted by molar-refractivity contribution is -0.140. The minimum atomic E-state index is -4.32. The summed E-state index contributed by atoms with van der Waals surface area (Å²) >= 11 is 0. The Morgan fingerprint density at radius 1 is 0.897 bits per heavy atom. The van der Waals surface area contributed by atoms with Crippen molar-refractivity contribution in [3.05, 3.63) is 95.3 Å². The van der Waals surface area contributed by atoms with Gasteiger partial charge in [0, 0.05) is 13.1 Å². The molecule has 0 unspecified atom stereocenters. The predicted octanol–water partition coefficient (Wildman–Crippen LogP) is 4.97. The fraction of sp³-hybridized carbons (Fsp3) is 0.333. The molecule has 0 saturated heterocycles. The molecule has 3 aromatic carbocycles. The fourth-order valence-electron chi connectivity index (χ4n) is 4.18. The summed E-state index contributed by atoms with van der Waals surface area (Å²) in [4.78, 5) is 28.3. The summed E-state index contributed by atoms with van der Waals surface area (Å²) in [7, 11) is -4.32. The van der Waals surface area contributed by atoms with E-state index in [4.69, 9.17) is 0 Å². The average Bonchev–Trinajstić information content (AvgIpc) is 2.92. The second-order valence-electron chi connectivity index (χ2n) is 9.50. The Bertz CT molecular complexity index is 1380. The molecule has 39 heavy (non-hydrogen) atoms. The molecule has 2 amide bonds. The number of carbonyl (C=O) groups excluding carboxylic acids is 2. The summed E-state index contributed by atoms with van der Waals surface area (Å²) in [6.07, 6.45) is 1.04. The monoisotopic (exact) mass is 553 g/mol. The molecule has 3 rings (SSSR count). The number of benzene rings is 3. The van der Waals surface area contributed by atoms with Crippen molar-refractivity contribution in [3.63, 3.8) is 0 Å². The van der Waals surface area contributed by atoms with Crippen molar-refractivity contribution in [2.24, 2.45) is 0 Å². The lowest BCUT2D eigenvalue weighted by Gasteiger charge is -2.33. The Kier molecular flexibility index (Phi) is 10.2. The van der Waals surface area contributed by atoms with E-state index in [1.54, 1.807) is 19.1 Å². The number of rotatable bonds is 12. The van der Waals surface area contributed by atoms with Crippen molar-refractivity contribution in [2.75, 3.05) is 17.4 Å². The van der Waals surface area contributed by atoms with E-state index in [-0.39, 0.29) is 23.0 Å². The molecule has 0 bridgehead atoms. The van der Waals surface area contributed by atoms with Crippen LogP contribution in [0.3, 0.4) is 0 Å². The highest BCUT2D eigenvalue weighted by molar-refractivity contribution is 7.92. The molecule has 0 spiro atoms. The Morgan fingerprint density at radius 3 is 2.05 bits per heavy atom. The van der Waals surface area contributed by atoms with Crippen LogP contribution in [0.15, 0.2) is 77.7 Å². The van der Waals surface area contributed by atoms with Gasteiger partial charge in [0.15, 0.2) is 0 Å². The van der Waals surface area contributed by atoms with Crippen LogP contribution in [0.2, 0.25) is 0 Å². The third-order valence-electron chi connectivity index (χ3n) is 6.42. The van der Waals surface area contributed by atoms with Gasteiger partial charge in [0.2, 0.25) is 11.8 Å². The number of para-hydroxylation sites is 1. The number of hydrogen-bond acceptors (Lipinski definition) is 4. The molecular weight excluding hydrogens is 517 g/mol. The normalized spacial score (nSPS) is 12.0. The molecule has 7 nitrogen and oxygen atoms in total. The number of anilines is 1. The third-order valence-corrected chi connectivity index (χ3v) is 8.19. The van der Waals surface area contributed by atoms with Crippen LogP contribution in [0.4, 0.5) is 10.1 Å². The number of aryl methyl sites for hydroxylation is 2. The molecule has 0 aliphatic heterocycles. The number of halogens is 1. The van der Waals surface area contributed by atoms with Crippen molar-refractivity contribution in [1.82, 2.24) is 10.2 Å². The standard InChI is InChI=1S/C30H36FN3O4S/c1-5-19-32-30(36)27(6-2)33(20-24-15-11-22(3)12-16-24)29(35)21-34(28-10-8-7-9-26(28)31)39(37,38)25-17-13-23(4)14-18-25/h7-18,27H,5-6,19-21H2,1-4H3,(H,32,36)/t27-/m0/s1. The molecule has 1 N–H and O–H groups in total. The van der Waals surface area contributed by atoms with E-state index >= 15 is 0 Å². The van der Waals surface area contributed by atoms with Crippen LogP contribution in [0.1, 0.15) is 43.4 Å². The molecule has 0 heterocycles. The van der Waals surface area contributed by atoms with Crippen LogP contribution >= 0.6 is 0 Å². The van der Waals surface area contributed by atoms with Gasteiger partial charge in [-0.25, -0.2) is 12.8 Å². The lowest BCUT2D eigenvalue weighted by Crippen LogP contribution is -2.52. The molecule has 1 atom stereocenters. The summed E-state index contributed by atoms with van der Waals surface area (Å²) in [5.41, 5.74) is 2.44. The van der Waals surface area contributed by atoms with Gasteiger partial charge in [0.1, 0.15) is 18.4 Å². The highest BCUT2D eigenvalue weighted by Crippen LogP contribution is 2.27. The van der Waals surface area contributed by atoms with Crippen molar-refractivity contribution in [1.29, 1.82) is 0 Å². The summed E-state index contributed by atoms with van der Waals surface area (Å²) < 4.78 is 43.3. The maximum atomic E-state index is 15.0. The van der Waals surface area contributed by atoms with E-state index in [1.807, 2.05) is 45.0 Å². The Labute approximate surface area is 230 Å². The highest BCUT2D eigenvalue weighted by Gasteiger charge is 2.34. The van der Waals surface area contributed by atoms with Gasteiger partial charge in [-0.2, -0.15) is 0 Å². The number of carbonyl (C=O) groups is 2. The van der Waals surface area contributed by atoms with Gasteiger partial charge in [-0.05, 0) is 56.5 Å². The minimum Gasteiger partial charge on any atom is -0.354 e. The van der Waals surface area contributed by atoms with Crippen LogP contribution in [0, 0.1) is 19.7 Å². The first-order valence-corrected chi connectivity index (χ1v) is 14.5. The zero-order valence-electron chi connectivity index (χ0n) is 22.9. The summed E-state index contributed by atoms with van der Waals surface area (Å²) in [6.45, 7) is 7.36. The zero-order valence-corrected chi connectivity index (χ0v) is 23.7. The fourth-order valence-corrected chi connectivity index (χ4v) is 5.60. The van der Waals surface area contributed by atoms with Gasteiger partial charge >= 0.3 is 0 Å². The molecule has 0 fully saturated rings. The summed E-state index contributed by atoms with van der Waals surface area (Å²) in [5, 5.41) is 2.84. The maximum Gasteiger partial charge on any atom is 0.264 e. The molecule has 3 aromatic rings. The quantitative estimate of drug-likeness (QED) is 0.343. The molecular formula is C30H36FN3O4S. The average molecular weight is 554 g/mol. The van der Waals surface area contributed by atoms with E-state index in [0.717, 1.165) is 33.5 Å². The Hall–Kier alpha value is -3.72. The van der Waals surface area contributed by atoms with Crippen molar-refractivity contribution < 1.29 is 22.4 Å². The van der Waals surface area contributed by atoms with Gasteiger partial charge in [0.25, 0.3) is 10.0 Å².